The molecule has 0 radical (unpaired) electrons. The molecule has 0 saturated heterocycles. The molecule has 1 aromatic heterocycles. The van der Waals surface area contributed by atoms with Gasteiger partial charge < -0.3 is 15.8 Å². The summed E-state index contributed by atoms with van der Waals surface area (Å²) in [5, 5.41) is 10.6. The van der Waals surface area contributed by atoms with Gasteiger partial charge in [0.1, 0.15) is 5.75 Å². The Labute approximate surface area is 114 Å². The molecule has 0 aliphatic rings. The lowest BCUT2D eigenvalue weighted by molar-refractivity contribution is -0.112. The van der Waals surface area contributed by atoms with Gasteiger partial charge in [-0.1, -0.05) is 0 Å². The van der Waals surface area contributed by atoms with Gasteiger partial charge in [0.25, 0.3) is 0 Å². The summed E-state index contributed by atoms with van der Waals surface area (Å²) in [6.45, 7) is 0. The molecule has 0 amide bonds. The SMILES string of the molecule is CS(C)(C)C(=O)C(N)Cc1c[nH]c2ccc(O)cc12. The Morgan fingerprint density at radius 3 is 2.74 bits per heavy atom. The molecule has 0 spiro atoms. The van der Waals surface area contributed by atoms with Crippen LogP contribution in [0, 0.1) is 0 Å². The molecule has 2 rings (SSSR count). The molecule has 1 aromatic carbocycles. The number of aromatic amines is 1. The molecular formula is C14H20N2O2S. The van der Waals surface area contributed by atoms with Gasteiger partial charge >= 0.3 is 0 Å². The van der Waals surface area contributed by atoms with Crippen LogP contribution in [-0.2, 0) is 11.2 Å². The number of hydrogen-bond donors (Lipinski definition) is 3. The first-order valence-corrected chi connectivity index (χ1v) is 8.91. The van der Waals surface area contributed by atoms with Gasteiger partial charge in [0.15, 0.2) is 5.12 Å². The van der Waals surface area contributed by atoms with Gasteiger partial charge in [-0.25, -0.2) is 0 Å². The molecule has 1 heterocycles. The van der Waals surface area contributed by atoms with E-state index in [1.807, 2.05) is 31.0 Å². The second-order valence-corrected chi connectivity index (χ2v) is 9.59. The average molecular weight is 280 g/mol. The molecule has 19 heavy (non-hydrogen) atoms. The van der Waals surface area contributed by atoms with Crippen LogP contribution in [-0.4, -0.2) is 40.0 Å². The fourth-order valence-corrected chi connectivity index (χ4v) is 3.10. The third-order valence-electron chi connectivity index (χ3n) is 3.10. The van der Waals surface area contributed by atoms with Gasteiger partial charge in [-0.05, 0) is 49.0 Å². The summed E-state index contributed by atoms with van der Waals surface area (Å²) < 4.78 is 0. The summed E-state index contributed by atoms with van der Waals surface area (Å²) in [7, 11) is -1.29. The lowest BCUT2D eigenvalue weighted by Crippen LogP contribution is -2.35. The first-order chi connectivity index (χ1) is 8.79. The Balaban J connectivity index is 2.27. The summed E-state index contributed by atoms with van der Waals surface area (Å²) in [6, 6.07) is 4.66. The van der Waals surface area contributed by atoms with Crippen molar-refractivity contribution in [1.29, 1.82) is 0 Å². The van der Waals surface area contributed by atoms with Crippen molar-refractivity contribution in [2.75, 3.05) is 18.8 Å². The molecule has 4 N–H and O–H groups in total. The van der Waals surface area contributed by atoms with E-state index in [0.29, 0.717) is 6.42 Å². The van der Waals surface area contributed by atoms with E-state index in [9.17, 15) is 9.90 Å². The number of H-pyrrole nitrogens is 1. The maximum absolute atomic E-state index is 12.1. The van der Waals surface area contributed by atoms with E-state index in [2.05, 4.69) is 4.98 Å². The topological polar surface area (TPSA) is 79.1 Å². The third-order valence-corrected chi connectivity index (χ3v) is 4.61. The number of carbonyl (C=O) groups excluding carboxylic acids is 1. The number of benzene rings is 1. The lowest BCUT2D eigenvalue weighted by Gasteiger charge is -2.26. The molecule has 4 nitrogen and oxygen atoms in total. The summed E-state index contributed by atoms with van der Waals surface area (Å²) in [5.41, 5.74) is 7.93. The highest BCUT2D eigenvalue weighted by Crippen LogP contribution is 2.37. The summed E-state index contributed by atoms with van der Waals surface area (Å²) >= 11 is 0. The summed E-state index contributed by atoms with van der Waals surface area (Å²) in [6.07, 6.45) is 8.21. The zero-order valence-corrected chi connectivity index (χ0v) is 12.3. The van der Waals surface area contributed by atoms with Crippen molar-refractivity contribution in [3.05, 3.63) is 30.0 Å². The van der Waals surface area contributed by atoms with Crippen LogP contribution in [0.5, 0.6) is 5.75 Å². The van der Waals surface area contributed by atoms with Crippen molar-refractivity contribution in [2.24, 2.45) is 5.73 Å². The number of phenolic OH excluding ortho intramolecular Hbond substituents is 1. The van der Waals surface area contributed by atoms with Crippen LogP contribution in [0.2, 0.25) is 0 Å². The Hall–Kier alpha value is -1.46. The van der Waals surface area contributed by atoms with Crippen molar-refractivity contribution in [1.82, 2.24) is 4.98 Å². The Kier molecular flexibility index (Phi) is 3.60. The monoisotopic (exact) mass is 280 g/mol. The van der Waals surface area contributed by atoms with Gasteiger partial charge in [-0.15, -0.1) is 0 Å². The van der Waals surface area contributed by atoms with E-state index in [0.717, 1.165) is 16.5 Å². The molecule has 0 saturated carbocycles. The van der Waals surface area contributed by atoms with E-state index in [1.54, 1.807) is 12.1 Å². The Morgan fingerprint density at radius 1 is 1.42 bits per heavy atom. The molecule has 0 bridgehead atoms. The fraction of sp³-hybridized carbons (Fsp3) is 0.357. The highest BCUT2D eigenvalue weighted by atomic mass is 32.3. The summed E-state index contributed by atoms with van der Waals surface area (Å²) in [4.78, 5) is 15.3. The normalized spacial score (nSPS) is 14.5. The van der Waals surface area contributed by atoms with Crippen molar-refractivity contribution in [3.63, 3.8) is 0 Å². The number of fused-ring (bicyclic) bond motifs is 1. The largest absolute Gasteiger partial charge is 0.508 e. The molecule has 5 heteroatoms. The number of nitrogens with one attached hydrogen (secondary N) is 1. The molecule has 0 aliphatic carbocycles. The van der Waals surface area contributed by atoms with Gasteiger partial charge in [-0.2, -0.15) is 10.0 Å². The second-order valence-electron chi connectivity index (χ2n) is 5.51. The van der Waals surface area contributed by atoms with E-state index in [-0.39, 0.29) is 10.9 Å². The number of aromatic nitrogens is 1. The molecule has 1 atom stereocenters. The number of nitrogens with two attached hydrogens (primary N) is 1. The molecular weight excluding hydrogens is 260 g/mol. The first-order valence-electron chi connectivity index (χ1n) is 6.06. The number of phenols is 1. The predicted molar refractivity (Wildman–Crippen MR) is 82.0 cm³/mol. The van der Waals surface area contributed by atoms with Crippen LogP contribution in [0.25, 0.3) is 10.9 Å². The van der Waals surface area contributed by atoms with Crippen LogP contribution in [0.1, 0.15) is 5.56 Å². The van der Waals surface area contributed by atoms with E-state index in [4.69, 9.17) is 5.73 Å². The zero-order valence-electron chi connectivity index (χ0n) is 11.4. The van der Waals surface area contributed by atoms with Crippen molar-refractivity contribution in [2.45, 2.75) is 12.5 Å². The smallest absolute Gasteiger partial charge is 0.188 e. The molecule has 2 aromatic rings. The standard InChI is InChI=1S/C14H20N2O2S/c1-19(2,3)14(18)12(15)6-9-8-16-13-5-4-10(17)7-11(9)13/h4-5,7-8,12,16-17H,6,15H2,1-3H3. The van der Waals surface area contributed by atoms with Gasteiger partial charge in [0.2, 0.25) is 0 Å². The Morgan fingerprint density at radius 2 is 2.11 bits per heavy atom. The highest BCUT2D eigenvalue weighted by Gasteiger charge is 2.24. The number of hydrogen-bond acceptors (Lipinski definition) is 3. The van der Waals surface area contributed by atoms with Crippen molar-refractivity contribution in [3.8, 4) is 5.75 Å². The average Bonchev–Trinajstić information content (AvgIpc) is 2.69. The van der Waals surface area contributed by atoms with Gasteiger partial charge in [-0.3, -0.25) is 4.79 Å². The van der Waals surface area contributed by atoms with Crippen LogP contribution < -0.4 is 5.73 Å². The third kappa shape index (κ3) is 2.93. The van der Waals surface area contributed by atoms with Crippen LogP contribution >= 0.6 is 10.0 Å². The van der Waals surface area contributed by atoms with Crippen LogP contribution in [0.3, 0.4) is 0 Å². The van der Waals surface area contributed by atoms with Crippen molar-refractivity contribution >= 4 is 26.0 Å². The minimum absolute atomic E-state index is 0.127. The minimum atomic E-state index is -1.29. The Bertz CT molecular complexity index is 613. The number of rotatable bonds is 3. The van der Waals surface area contributed by atoms with Crippen LogP contribution in [0.15, 0.2) is 24.4 Å². The van der Waals surface area contributed by atoms with E-state index < -0.39 is 16.1 Å². The van der Waals surface area contributed by atoms with E-state index in [1.165, 1.54) is 0 Å². The molecule has 0 fully saturated rings. The molecule has 104 valence electrons. The zero-order chi connectivity index (χ0) is 14.2. The predicted octanol–water partition coefficient (Wildman–Crippen LogP) is 1.96. The quantitative estimate of drug-likeness (QED) is 0.804. The summed E-state index contributed by atoms with van der Waals surface area (Å²) in [5.74, 6) is 0.217. The number of carbonyl (C=O) groups is 1. The fourth-order valence-electron chi connectivity index (χ4n) is 2.11. The maximum atomic E-state index is 12.1. The minimum Gasteiger partial charge on any atom is -0.508 e. The maximum Gasteiger partial charge on any atom is 0.188 e. The van der Waals surface area contributed by atoms with Gasteiger partial charge in [0.05, 0.1) is 6.04 Å². The van der Waals surface area contributed by atoms with Crippen molar-refractivity contribution < 1.29 is 9.90 Å². The second kappa shape index (κ2) is 4.90. The van der Waals surface area contributed by atoms with E-state index >= 15 is 0 Å². The number of aromatic hydroxyl groups is 1. The lowest BCUT2D eigenvalue weighted by atomic mass is 10.1. The van der Waals surface area contributed by atoms with Gasteiger partial charge in [0, 0.05) is 17.1 Å². The molecule has 0 aliphatic heterocycles. The molecule has 1 unspecified atom stereocenters. The first kappa shape index (κ1) is 14.0. The van der Waals surface area contributed by atoms with Crippen LogP contribution in [0.4, 0.5) is 0 Å². The highest BCUT2D eigenvalue weighted by molar-refractivity contribution is 8.43.